The fourth-order valence-electron chi connectivity index (χ4n) is 3.35. The van der Waals surface area contributed by atoms with Crippen LogP contribution in [0.2, 0.25) is 0 Å². The van der Waals surface area contributed by atoms with Gasteiger partial charge in [-0.1, -0.05) is 42.0 Å². The molecule has 0 bridgehead atoms. The number of fused-ring (bicyclic) bond motifs is 1. The minimum atomic E-state index is -5.08. The Balaban J connectivity index is 0.000000349. The summed E-state index contributed by atoms with van der Waals surface area (Å²) in [5.74, 6) is -3.73. The van der Waals surface area contributed by atoms with Crippen LogP contribution < -0.4 is 15.8 Å². The van der Waals surface area contributed by atoms with Crippen LogP contribution in [0.15, 0.2) is 59.6 Å². The van der Waals surface area contributed by atoms with Crippen molar-refractivity contribution in [3.8, 4) is 16.9 Å². The maximum Gasteiger partial charge on any atom is 0.490 e. The van der Waals surface area contributed by atoms with Crippen molar-refractivity contribution in [3.05, 3.63) is 65.7 Å². The normalized spacial score (nSPS) is 12.7. The Morgan fingerprint density at radius 2 is 1.46 bits per heavy atom. The van der Waals surface area contributed by atoms with E-state index in [1.807, 2.05) is 0 Å². The Morgan fingerprint density at radius 3 is 1.95 bits per heavy atom. The summed E-state index contributed by atoms with van der Waals surface area (Å²) in [5, 5.41) is 20.0. The molecule has 14 heteroatoms. The van der Waals surface area contributed by atoms with E-state index in [4.69, 9.17) is 30.3 Å². The number of hydrogen-bond donors (Lipinski definition) is 4. The predicted octanol–water partition coefficient (Wildman–Crippen LogP) is 5.16. The summed E-state index contributed by atoms with van der Waals surface area (Å²) >= 11 is 0. The number of aryl methyl sites for hydroxylation is 1. The number of aliphatic carboxylic acids is 2. The van der Waals surface area contributed by atoms with Gasteiger partial charge in [0.15, 0.2) is 0 Å². The smallest absolute Gasteiger partial charge is 0.490 e. The van der Waals surface area contributed by atoms with Gasteiger partial charge in [0.25, 0.3) is 0 Å². The van der Waals surface area contributed by atoms with Crippen molar-refractivity contribution in [3.63, 3.8) is 0 Å². The number of ether oxygens (including phenoxy) is 1. The minimum absolute atomic E-state index is 0.615. The number of alkyl halides is 6. The molecule has 0 atom stereocenters. The van der Waals surface area contributed by atoms with Crippen molar-refractivity contribution in [2.75, 3.05) is 26.2 Å². The molecule has 1 aliphatic rings. The summed E-state index contributed by atoms with van der Waals surface area (Å²) in [4.78, 5) is 22.4. The number of nitrogens with two attached hydrogens (primary N) is 1. The number of carboxylic acid groups (broad SMARTS) is 2. The van der Waals surface area contributed by atoms with E-state index in [-0.39, 0.29) is 0 Å². The highest BCUT2D eigenvalue weighted by atomic mass is 19.4. The van der Waals surface area contributed by atoms with E-state index < -0.39 is 24.3 Å². The van der Waals surface area contributed by atoms with Gasteiger partial charge in [-0.3, -0.25) is 4.99 Å². The number of amidine groups is 1. The van der Waals surface area contributed by atoms with Crippen LogP contribution in [0.3, 0.4) is 0 Å². The molecule has 1 aliphatic heterocycles. The molecule has 3 aromatic rings. The summed E-state index contributed by atoms with van der Waals surface area (Å²) in [7, 11) is 0. The average Bonchev–Trinajstić information content (AvgIpc) is 3.43. The van der Waals surface area contributed by atoms with E-state index in [0.717, 1.165) is 42.0 Å². The molecule has 222 valence electrons. The van der Waals surface area contributed by atoms with Crippen LogP contribution in [0.5, 0.6) is 5.75 Å². The molecule has 3 aromatic carbocycles. The summed E-state index contributed by atoms with van der Waals surface area (Å²) < 4.78 is 69.5. The number of aliphatic imine (C=N–C) groups is 1. The Labute approximate surface area is 230 Å². The van der Waals surface area contributed by atoms with Crippen molar-refractivity contribution < 1.29 is 50.9 Å². The molecule has 41 heavy (non-hydrogen) atoms. The maximum atomic E-state index is 10.6. The Bertz CT molecular complexity index is 1350. The molecule has 0 saturated heterocycles. The lowest BCUT2D eigenvalue weighted by Crippen LogP contribution is -2.21. The monoisotopic (exact) mass is 587 g/mol. The zero-order valence-corrected chi connectivity index (χ0v) is 21.6. The van der Waals surface area contributed by atoms with Crippen molar-refractivity contribution in [2.24, 2.45) is 10.7 Å². The Hall–Kier alpha value is -4.33. The second kappa shape index (κ2) is 14.3. The molecule has 0 aromatic heterocycles. The molecule has 4 rings (SSSR count). The molecule has 0 amide bonds. The zero-order valence-electron chi connectivity index (χ0n) is 21.6. The lowest BCUT2D eigenvalue weighted by molar-refractivity contribution is -0.193. The average molecular weight is 588 g/mol. The number of rotatable bonds is 6. The van der Waals surface area contributed by atoms with E-state index in [2.05, 4.69) is 71.8 Å². The van der Waals surface area contributed by atoms with E-state index >= 15 is 0 Å². The van der Waals surface area contributed by atoms with Crippen molar-refractivity contribution in [2.45, 2.75) is 25.7 Å². The van der Waals surface area contributed by atoms with Gasteiger partial charge in [-0.05, 0) is 60.0 Å². The first-order valence-corrected chi connectivity index (χ1v) is 12.0. The van der Waals surface area contributed by atoms with Crippen molar-refractivity contribution >= 4 is 28.5 Å². The number of carbonyl (C=O) groups is 2. The van der Waals surface area contributed by atoms with Gasteiger partial charge in [-0.15, -0.1) is 0 Å². The molecule has 1 heterocycles. The van der Waals surface area contributed by atoms with Gasteiger partial charge in [0.1, 0.15) is 11.6 Å². The molecule has 0 aliphatic carbocycles. The highest BCUT2D eigenvalue weighted by Gasteiger charge is 2.38. The molecule has 0 saturated carbocycles. The molecule has 0 unspecified atom stereocenters. The maximum absolute atomic E-state index is 10.6. The van der Waals surface area contributed by atoms with Crippen LogP contribution in [-0.2, 0) is 9.59 Å². The first-order valence-electron chi connectivity index (χ1n) is 12.0. The summed E-state index contributed by atoms with van der Waals surface area (Å²) in [6.07, 6.45) is -9.33. The highest BCUT2D eigenvalue weighted by molar-refractivity contribution is 6.06. The van der Waals surface area contributed by atoms with Gasteiger partial charge in [0.2, 0.25) is 0 Å². The van der Waals surface area contributed by atoms with Crippen LogP contribution in [0.1, 0.15) is 17.5 Å². The third-order valence-corrected chi connectivity index (χ3v) is 5.34. The van der Waals surface area contributed by atoms with Crippen LogP contribution >= 0.6 is 0 Å². The van der Waals surface area contributed by atoms with Crippen molar-refractivity contribution in [1.29, 1.82) is 0 Å². The molecular formula is C27H27F6N3O5. The summed E-state index contributed by atoms with van der Waals surface area (Å²) in [6.45, 7) is 5.03. The number of halogens is 6. The van der Waals surface area contributed by atoms with E-state index in [9.17, 15) is 26.3 Å². The molecule has 0 radical (unpaired) electrons. The Morgan fingerprint density at radius 1 is 0.902 bits per heavy atom. The first-order chi connectivity index (χ1) is 19.1. The summed E-state index contributed by atoms with van der Waals surface area (Å²) in [6, 6.07) is 19.5. The van der Waals surface area contributed by atoms with E-state index in [1.54, 1.807) is 0 Å². The second-order valence-corrected chi connectivity index (χ2v) is 8.53. The number of carboxylic acids is 2. The lowest BCUT2D eigenvalue weighted by atomic mass is 9.98. The molecular weight excluding hydrogens is 560 g/mol. The first kappa shape index (κ1) is 32.9. The van der Waals surface area contributed by atoms with Crippen LogP contribution in [-0.4, -0.2) is 66.6 Å². The van der Waals surface area contributed by atoms with Gasteiger partial charge < -0.3 is 26.0 Å². The van der Waals surface area contributed by atoms with Crippen molar-refractivity contribution in [1.82, 2.24) is 5.32 Å². The number of nitrogens with zero attached hydrogens (tertiary/aromatic N) is 1. The van der Waals surface area contributed by atoms with E-state index in [1.165, 1.54) is 22.1 Å². The largest absolute Gasteiger partial charge is 0.493 e. The van der Waals surface area contributed by atoms with Crippen LogP contribution in [0.25, 0.3) is 21.9 Å². The molecule has 0 fully saturated rings. The van der Waals surface area contributed by atoms with Gasteiger partial charge in [-0.25, -0.2) is 9.59 Å². The quantitative estimate of drug-likeness (QED) is 0.231. The topological polar surface area (TPSA) is 134 Å². The van der Waals surface area contributed by atoms with Gasteiger partial charge in [-0.2, -0.15) is 26.3 Å². The van der Waals surface area contributed by atoms with Crippen LogP contribution in [0, 0.1) is 6.92 Å². The second-order valence-electron chi connectivity index (χ2n) is 8.53. The zero-order chi connectivity index (χ0) is 30.8. The van der Waals surface area contributed by atoms with Crippen LogP contribution in [0.4, 0.5) is 26.3 Å². The fraction of sp³-hybridized carbons (Fsp3) is 0.296. The van der Waals surface area contributed by atoms with Gasteiger partial charge in [0.05, 0.1) is 18.7 Å². The molecule has 8 nitrogen and oxygen atoms in total. The third-order valence-electron chi connectivity index (χ3n) is 5.34. The Kier molecular flexibility index (Phi) is 11.5. The van der Waals surface area contributed by atoms with Gasteiger partial charge >= 0.3 is 24.3 Å². The predicted molar refractivity (Wildman–Crippen MR) is 140 cm³/mol. The third kappa shape index (κ3) is 10.3. The highest BCUT2D eigenvalue weighted by Crippen LogP contribution is 2.31. The standard InChI is InChI=1S/C23H25N3O.2C2HF3O2/c1-16-3-5-17(6-4-16)18-7-8-19-15-22(27-12-2-9-24)21(14-20(19)13-18)23-25-10-11-26-23;2*3-2(4,5)1(6)7/h3-8,13-15H,2,9-12,24H2,1H3,(H,25,26);2*(H,6,7). The number of nitrogens with one attached hydrogen (secondary N) is 1. The van der Waals surface area contributed by atoms with E-state index in [0.29, 0.717) is 13.2 Å². The SMILES string of the molecule is Cc1ccc(-c2ccc3cc(OCCCN)c(C4=NCCN4)cc3c2)cc1.O=C(O)C(F)(F)F.O=C(O)C(F)(F)F. The summed E-state index contributed by atoms with van der Waals surface area (Å²) in [5.41, 5.74) is 10.3. The molecule has 5 N–H and O–H groups in total. The molecule has 0 spiro atoms. The lowest BCUT2D eigenvalue weighted by Gasteiger charge is -2.14. The number of hydrogen-bond acceptors (Lipinski definition) is 6. The minimum Gasteiger partial charge on any atom is -0.493 e. The van der Waals surface area contributed by atoms with Gasteiger partial charge in [0, 0.05) is 6.54 Å². The number of benzene rings is 3. The fourth-order valence-corrected chi connectivity index (χ4v) is 3.35.